The lowest BCUT2D eigenvalue weighted by Gasteiger charge is -2.19. The van der Waals surface area contributed by atoms with E-state index in [0.717, 1.165) is 16.8 Å². The number of amides is 2. The Bertz CT molecular complexity index is 1470. The molecule has 0 saturated heterocycles. The third-order valence-electron chi connectivity index (χ3n) is 6.51. The van der Waals surface area contributed by atoms with Crippen molar-refractivity contribution in [2.45, 2.75) is 32.7 Å². The molecule has 39 heavy (non-hydrogen) atoms. The van der Waals surface area contributed by atoms with Gasteiger partial charge in [0.2, 0.25) is 23.0 Å². The van der Waals surface area contributed by atoms with E-state index >= 15 is 0 Å². The lowest BCUT2D eigenvalue weighted by atomic mass is 9.95. The van der Waals surface area contributed by atoms with Gasteiger partial charge >= 0.3 is 0 Å². The third-order valence-corrected chi connectivity index (χ3v) is 6.51. The zero-order valence-corrected chi connectivity index (χ0v) is 22.6. The number of hydrogen-bond donors (Lipinski definition) is 3. The average Bonchev–Trinajstić information content (AvgIpc) is 3.14. The van der Waals surface area contributed by atoms with E-state index < -0.39 is 6.04 Å². The molecule has 2 amide bonds. The van der Waals surface area contributed by atoms with Crippen LogP contribution in [0, 0.1) is 6.92 Å². The van der Waals surface area contributed by atoms with Crippen molar-refractivity contribution in [3.63, 3.8) is 0 Å². The van der Waals surface area contributed by atoms with Crippen LogP contribution >= 0.6 is 0 Å². The molecule has 10 heteroatoms. The Hall–Kier alpha value is -4.60. The molecular weight excluding hydrogens is 500 g/mol. The first-order chi connectivity index (χ1) is 18.7. The zero-order chi connectivity index (χ0) is 28.1. The maximum Gasteiger partial charge on any atom is 0.244 e. The number of benzene rings is 1. The molecule has 10 nitrogen and oxygen atoms in total. The quantitative estimate of drug-likeness (QED) is 0.401. The summed E-state index contributed by atoms with van der Waals surface area (Å²) in [6.07, 6.45) is 1.15. The predicted octanol–water partition coefficient (Wildman–Crippen LogP) is 3.62. The predicted molar refractivity (Wildman–Crippen MR) is 149 cm³/mol. The van der Waals surface area contributed by atoms with Crippen LogP contribution in [0.5, 0.6) is 17.2 Å². The molecule has 0 bridgehead atoms. The number of carbonyl (C=O) groups excluding carboxylic acids is 2. The first kappa shape index (κ1) is 27.4. The van der Waals surface area contributed by atoms with Crippen LogP contribution in [0.4, 0.5) is 11.5 Å². The van der Waals surface area contributed by atoms with Crippen molar-refractivity contribution in [3.05, 3.63) is 69.5 Å². The van der Waals surface area contributed by atoms with E-state index in [1.807, 2.05) is 19.1 Å². The second kappa shape index (κ2) is 11.8. The average molecular weight is 533 g/mol. The van der Waals surface area contributed by atoms with Gasteiger partial charge in [0.1, 0.15) is 5.82 Å². The molecule has 0 spiro atoms. The Kier molecular flexibility index (Phi) is 8.33. The van der Waals surface area contributed by atoms with Crippen LogP contribution in [0.25, 0.3) is 11.1 Å². The summed E-state index contributed by atoms with van der Waals surface area (Å²) in [4.78, 5) is 42.2. The van der Waals surface area contributed by atoms with Gasteiger partial charge in [-0.25, -0.2) is 4.98 Å². The topological polar surface area (TPSA) is 128 Å². The molecule has 3 aromatic rings. The number of methoxy groups -OCH3 is 3. The SMILES string of the molecule is COc1cc2c(c(OC)c1OC)-c1ccc(NCC(=O)Nc3cccc(C)n3)c(=O)cc1[C@@H](NC(C)=O)CC2. The van der Waals surface area contributed by atoms with E-state index in [9.17, 15) is 14.4 Å². The van der Waals surface area contributed by atoms with Gasteiger partial charge < -0.3 is 30.2 Å². The number of hydrogen-bond acceptors (Lipinski definition) is 8. The van der Waals surface area contributed by atoms with E-state index in [-0.39, 0.29) is 29.5 Å². The number of fused-ring (bicyclic) bond motifs is 3. The number of ether oxygens (including phenoxy) is 3. The number of anilines is 2. The second-order valence-electron chi connectivity index (χ2n) is 9.16. The maximum absolute atomic E-state index is 13.3. The van der Waals surface area contributed by atoms with E-state index in [1.165, 1.54) is 20.1 Å². The van der Waals surface area contributed by atoms with Crippen LogP contribution in [0.15, 0.2) is 47.3 Å². The molecular formula is C29H32N4O6. The Morgan fingerprint density at radius 2 is 1.79 bits per heavy atom. The van der Waals surface area contributed by atoms with Crippen molar-refractivity contribution < 1.29 is 23.8 Å². The van der Waals surface area contributed by atoms with Gasteiger partial charge in [-0.15, -0.1) is 0 Å². The minimum Gasteiger partial charge on any atom is -0.493 e. The van der Waals surface area contributed by atoms with Crippen LogP contribution in [-0.2, 0) is 16.0 Å². The van der Waals surface area contributed by atoms with E-state index in [4.69, 9.17) is 14.2 Å². The summed E-state index contributed by atoms with van der Waals surface area (Å²) in [6, 6.07) is 11.7. The van der Waals surface area contributed by atoms with Gasteiger partial charge in [-0.1, -0.05) is 12.1 Å². The molecule has 1 atom stereocenters. The molecule has 3 N–H and O–H groups in total. The Morgan fingerprint density at radius 3 is 2.46 bits per heavy atom. The zero-order valence-electron chi connectivity index (χ0n) is 22.6. The summed E-state index contributed by atoms with van der Waals surface area (Å²) in [5.41, 5.74) is 3.71. The Balaban J connectivity index is 1.77. The Labute approximate surface area is 226 Å². The summed E-state index contributed by atoms with van der Waals surface area (Å²) in [5, 5.41) is 8.64. The van der Waals surface area contributed by atoms with Gasteiger partial charge in [0.15, 0.2) is 11.5 Å². The monoisotopic (exact) mass is 532 g/mol. The molecule has 1 aliphatic rings. The normalized spacial score (nSPS) is 13.7. The molecule has 0 aliphatic heterocycles. The summed E-state index contributed by atoms with van der Waals surface area (Å²) < 4.78 is 17.0. The highest BCUT2D eigenvalue weighted by molar-refractivity contribution is 5.93. The molecule has 0 radical (unpaired) electrons. The standard InChI is InChI=1S/C29H32N4O6/c1-16-7-6-8-25(31-16)33-26(36)15-30-22-12-10-19-20(14-23(22)35)21(32-17(2)34)11-9-18-13-24(37-3)28(38-4)29(39-5)27(18)19/h6-8,10,12-14,21H,9,11,15H2,1-5H3,(H,30,35)(H,32,34)(H,31,33,36)/t21-/m0/s1. The third kappa shape index (κ3) is 5.95. The highest BCUT2D eigenvalue weighted by Gasteiger charge is 2.29. The van der Waals surface area contributed by atoms with Gasteiger partial charge in [-0.05, 0) is 66.8 Å². The lowest BCUT2D eigenvalue weighted by molar-refractivity contribution is -0.119. The largest absolute Gasteiger partial charge is 0.493 e. The molecule has 0 saturated carbocycles. The molecule has 204 valence electrons. The van der Waals surface area contributed by atoms with Crippen LogP contribution < -0.4 is 35.6 Å². The molecule has 2 aromatic carbocycles. The van der Waals surface area contributed by atoms with E-state index in [0.29, 0.717) is 47.0 Å². The molecule has 0 fully saturated rings. The molecule has 1 aromatic heterocycles. The van der Waals surface area contributed by atoms with Crippen molar-refractivity contribution in [2.75, 3.05) is 38.5 Å². The van der Waals surface area contributed by atoms with Crippen molar-refractivity contribution in [1.82, 2.24) is 10.3 Å². The van der Waals surface area contributed by atoms with E-state index in [2.05, 4.69) is 20.9 Å². The summed E-state index contributed by atoms with van der Waals surface area (Å²) in [5.74, 6) is 1.29. The number of carbonyl (C=O) groups is 2. The van der Waals surface area contributed by atoms with Crippen LogP contribution in [0.1, 0.15) is 36.2 Å². The fourth-order valence-corrected chi connectivity index (χ4v) is 4.83. The van der Waals surface area contributed by atoms with Crippen LogP contribution in [-0.4, -0.2) is 44.7 Å². The number of nitrogens with zero attached hydrogens (tertiary/aromatic N) is 1. The molecule has 0 unspecified atom stereocenters. The first-order valence-electron chi connectivity index (χ1n) is 12.5. The van der Waals surface area contributed by atoms with Crippen molar-refractivity contribution >= 4 is 23.3 Å². The van der Waals surface area contributed by atoms with Crippen molar-refractivity contribution in [3.8, 4) is 28.4 Å². The summed E-state index contributed by atoms with van der Waals surface area (Å²) in [7, 11) is 4.63. The number of aromatic nitrogens is 1. The summed E-state index contributed by atoms with van der Waals surface area (Å²) >= 11 is 0. The number of aryl methyl sites for hydroxylation is 2. The lowest BCUT2D eigenvalue weighted by Crippen LogP contribution is -2.27. The highest BCUT2D eigenvalue weighted by Crippen LogP contribution is 2.50. The van der Waals surface area contributed by atoms with Crippen molar-refractivity contribution in [1.29, 1.82) is 0 Å². The second-order valence-corrected chi connectivity index (χ2v) is 9.16. The van der Waals surface area contributed by atoms with Gasteiger partial charge in [0.25, 0.3) is 0 Å². The smallest absolute Gasteiger partial charge is 0.244 e. The van der Waals surface area contributed by atoms with Gasteiger partial charge in [-0.2, -0.15) is 0 Å². The minimum atomic E-state index is -0.421. The van der Waals surface area contributed by atoms with Crippen molar-refractivity contribution in [2.24, 2.45) is 0 Å². The van der Waals surface area contributed by atoms with Gasteiger partial charge in [0, 0.05) is 18.2 Å². The maximum atomic E-state index is 13.3. The Morgan fingerprint density at radius 1 is 1.03 bits per heavy atom. The number of rotatable bonds is 8. The van der Waals surface area contributed by atoms with E-state index in [1.54, 1.807) is 38.5 Å². The fraction of sp³-hybridized carbons (Fsp3) is 0.310. The number of pyridine rings is 1. The van der Waals surface area contributed by atoms with Gasteiger partial charge in [-0.3, -0.25) is 14.4 Å². The van der Waals surface area contributed by atoms with Crippen LogP contribution in [0.3, 0.4) is 0 Å². The van der Waals surface area contributed by atoms with Crippen LogP contribution in [0.2, 0.25) is 0 Å². The molecule has 1 heterocycles. The fourth-order valence-electron chi connectivity index (χ4n) is 4.83. The highest BCUT2D eigenvalue weighted by atomic mass is 16.5. The molecule has 4 rings (SSSR count). The first-order valence-corrected chi connectivity index (χ1v) is 12.5. The number of nitrogens with one attached hydrogen (secondary N) is 3. The minimum absolute atomic E-state index is 0.139. The summed E-state index contributed by atoms with van der Waals surface area (Å²) in [6.45, 7) is 3.14. The molecule has 1 aliphatic carbocycles. The van der Waals surface area contributed by atoms with Gasteiger partial charge in [0.05, 0.1) is 39.6 Å².